The van der Waals surface area contributed by atoms with Gasteiger partial charge in [0.05, 0.1) is 11.9 Å². The summed E-state index contributed by atoms with van der Waals surface area (Å²) in [7, 11) is 0. The molecule has 0 amide bonds. The Morgan fingerprint density at radius 3 is 1.33 bits per heavy atom. The van der Waals surface area contributed by atoms with E-state index in [0.29, 0.717) is 10.1 Å². The zero-order valence-corrected chi connectivity index (χ0v) is 17.9. The first-order chi connectivity index (χ1) is 9.09. The van der Waals surface area contributed by atoms with Gasteiger partial charge in [-0.05, 0) is 10.8 Å². The number of carbonyl (C=O) groups is 2. The summed E-state index contributed by atoms with van der Waals surface area (Å²) in [4.78, 5) is 20.6. The summed E-state index contributed by atoms with van der Waals surface area (Å²) in [5.41, 5.74) is 0. The Bertz CT molecular complexity index is 457. The Morgan fingerprint density at radius 2 is 1.24 bits per heavy atom. The first kappa shape index (κ1) is 21.9. The first-order valence-electron chi connectivity index (χ1n) is 4.94. The molecule has 11 heteroatoms. The van der Waals surface area contributed by atoms with Crippen LogP contribution in [0, 0.1) is 0 Å². The van der Waals surface area contributed by atoms with Gasteiger partial charge in [0.15, 0.2) is 0 Å². The molecular formula is C10H6Cl4O4S2Zn. The number of carboxylic acid groups (broad SMARTS) is 2. The van der Waals surface area contributed by atoms with E-state index in [1.165, 1.54) is 10.8 Å². The molecule has 0 bridgehead atoms. The van der Waals surface area contributed by atoms with Crippen molar-refractivity contribution in [2.75, 3.05) is 0 Å². The third kappa shape index (κ3) is 6.13. The summed E-state index contributed by atoms with van der Waals surface area (Å²) in [5, 5.41) is 24.6. The van der Waals surface area contributed by atoms with Gasteiger partial charge >= 0.3 is 19.5 Å². The summed E-state index contributed by atoms with van der Waals surface area (Å²) in [6.07, 6.45) is 0.284. The van der Waals surface area contributed by atoms with Crippen molar-refractivity contribution in [2.45, 2.75) is 21.3 Å². The third-order valence-corrected chi connectivity index (χ3v) is 6.18. The summed E-state index contributed by atoms with van der Waals surface area (Å²) in [6, 6.07) is 0. The molecule has 0 radical (unpaired) electrons. The predicted molar refractivity (Wildman–Crippen MR) is 79.5 cm³/mol. The molecule has 21 heavy (non-hydrogen) atoms. The normalized spacial score (nSPS) is 30.5. The Morgan fingerprint density at radius 1 is 0.952 bits per heavy atom. The summed E-state index contributed by atoms with van der Waals surface area (Å²) >= 11 is 24.1. The number of alkyl halides is 2. The molecule has 0 aromatic carbocycles. The minimum atomic E-state index is -1.36. The summed E-state index contributed by atoms with van der Waals surface area (Å²) in [6.45, 7) is 0. The van der Waals surface area contributed by atoms with Crippen molar-refractivity contribution in [1.82, 2.24) is 0 Å². The van der Waals surface area contributed by atoms with Crippen LogP contribution in [0.15, 0.2) is 20.9 Å². The van der Waals surface area contributed by atoms with Crippen LogP contribution in [0.25, 0.3) is 0 Å². The molecule has 0 saturated carbocycles. The number of thioether (sulfide) groups is 2. The van der Waals surface area contributed by atoms with E-state index < -0.39 is 20.4 Å². The molecular weight excluding hydrogens is 455 g/mol. The Kier molecular flexibility index (Phi) is 9.04. The topological polar surface area (TPSA) is 80.3 Å². The van der Waals surface area contributed by atoms with E-state index in [2.05, 4.69) is 0 Å². The molecule has 0 aliphatic carbocycles. The minimum absolute atomic E-state index is 0. The number of aliphatic carboxylic acids is 2. The number of hydrogen-bond donors (Lipinski definition) is 0. The van der Waals surface area contributed by atoms with E-state index in [-0.39, 0.29) is 32.3 Å². The second kappa shape index (κ2) is 8.67. The average Bonchev–Trinajstić information content (AvgIpc) is 2.85. The molecule has 0 spiro atoms. The van der Waals surface area contributed by atoms with Crippen molar-refractivity contribution < 1.29 is 39.3 Å². The molecule has 2 rings (SSSR count). The molecule has 2 aliphatic rings. The van der Waals surface area contributed by atoms with Crippen LogP contribution in [-0.2, 0) is 29.1 Å². The maximum absolute atomic E-state index is 10.3. The van der Waals surface area contributed by atoms with Crippen molar-refractivity contribution >= 4 is 81.9 Å². The van der Waals surface area contributed by atoms with Crippen LogP contribution in [0.5, 0.6) is 0 Å². The number of allylic oxidation sites excluding steroid dienone is 2. The summed E-state index contributed by atoms with van der Waals surface area (Å²) in [5.74, 6) is -2.57. The maximum Gasteiger partial charge on any atom is 2.00 e. The van der Waals surface area contributed by atoms with Gasteiger partial charge in [0.25, 0.3) is 0 Å². The van der Waals surface area contributed by atoms with Gasteiger partial charge in [0, 0.05) is 22.9 Å². The fraction of sp³-hybridized carbons (Fsp3) is 0.400. The van der Waals surface area contributed by atoms with Gasteiger partial charge in [0.1, 0.15) is 8.41 Å². The van der Waals surface area contributed by atoms with Gasteiger partial charge < -0.3 is 19.8 Å². The van der Waals surface area contributed by atoms with Crippen LogP contribution in [-0.4, -0.2) is 20.4 Å². The van der Waals surface area contributed by atoms with Crippen LogP contribution in [0.3, 0.4) is 0 Å². The molecule has 2 atom stereocenters. The smallest absolute Gasteiger partial charge is 0.547 e. The van der Waals surface area contributed by atoms with E-state index in [9.17, 15) is 19.8 Å². The van der Waals surface area contributed by atoms with E-state index in [1.807, 2.05) is 0 Å². The van der Waals surface area contributed by atoms with Crippen LogP contribution in [0.1, 0.15) is 12.8 Å². The van der Waals surface area contributed by atoms with Gasteiger partial charge in [-0.1, -0.05) is 46.4 Å². The molecule has 112 valence electrons. The Labute approximate surface area is 162 Å². The number of halogens is 4. The van der Waals surface area contributed by atoms with E-state index in [0.717, 1.165) is 23.5 Å². The minimum Gasteiger partial charge on any atom is -0.547 e. The van der Waals surface area contributed by atoms with Crippen molar-refractivity contribution in [1.29, 1.82) is 0 Å². The standard InChI is InChI=1S/2C5H4Cl2O2S.Zn/c2*6-3-1-5(7,4(8)9)10-2-3;/h2*2H,1H2,(H,8,9);/q;;+2/p-2. The van der Waals surface area contributed by atoms with Gasteiger partial charge in [-0.25, -0.2) is 0 Å². The van der Waals surface area contributed by atoms with Crippen molar-refractivity contribution in [3.8, 4) is 0 Å². The fourth-order valence-corrected chi connectivity index (χ4v) is 4.14. The predicted octanol–water partition coefficient (Wildman–Crippen LogP) is 1.77. The largest absolute Gasteiger partial charge is 2.00 e. The molecule has 0 N–H and O–H groups in total. The molecule has 4 nitrogen and oxygen atoms in total. The van der Waals surface area contributed by atoms with Crippen LogP contribution >= 0.6 is 69.9 Å². The number of hydrogen-bond acceptors (Lipinski definition) is 6. The van der Waals surface area contributed by atoms with Gasteiger partial charge in [-0.15, -0.1) is 23.5 Å². The van der Waals surface area contributed by atoms with E-state index >= 15 is 0 Å². The monoisotopic (exact) mass is 458 g/mol. The van der Waals surface area contributed by atoms with Crippen LogP contribution < -0.4 is 10.2 Å². The second-order valence-corrected chi connectivity index (χ2v) is 8.80. The number of carboxylic acids is 2. The van der Waals surface area contributed by atoms with Crippen LogP contribution in [0.4, 0.5) is 0 Å². The first-order valence-corrected chi connectivity index (χ1v) is 8.21. The molecule has 0 aromatic heterocycles. The third-order valence-electron chi connectivity index (χ3n) is 2.15. The Balaban J connectivity index is 0.000000364. The Hall–Kier alpha value is 0.903. The van der Waals surface area contributed by atoms with Crippen molar-refractivity contribution in [3.05, 3.63) is 20.9 Å². The van der Waals surface area contributed by atoms with E-state index in [4.69, 9.17) is 46.4 Å². The molecule has 2 heterocycles. The SMILES string of the molecule is O=C([O-])C1(Cl)CC(Cl)=CS1.O=C([O-])C1(Cl)CC(Cl)=CS1.[Zn+2]. The molecule has 0 aromatic rings. The van der Waals surface area contributed by atoms with Crippen LogP contribution in [0.2, 0.25) is 0 Å². The zero-order valence-electron chi connectivity index (χ0n) is 10.2. The number of carbonyl (C=O) groups excluding carboxylic acids is 2. The van der Waals surface area contributed by atoms with E-state index in [1.54, 1.807) is 0 Å². The van der Waals surface area contributed by atoms with Gasteiger partial charge in [-0.2, -0.15) is 0 Å². The molecule has 2 unspecified atom stereocenters. The molecule has 0 fully saturated rings. The zero-order chi connectivity index (χ0) is 15.6. The molecule has 0 saturated heterocycles. The maximum atomic E-state index is 10.3. The molecule has 2 aliphatic heterocycles. The number of rotatable bonds is 2. The van der Waals surface area contributed by atoms with Crippen molar-refractivity contribution in [2.24, 2.45) is 0 Å². The fourth-order valence-electron chi connectivity index (χ4n) is 1.16. The average molecular weight is 461 g/mol. The second-order valence-electron chi connectivity index (χ2n) is 3.75. The summed E-state index contributed by atoms with van der Waals surface area (Å²) < 4.78 is -2.73. The van der Waals surface area contributed by atoms with Gasteiger partial charge in [-0.3, -0.25) is 0 Å². The van der Waals surface area contributed by atoms with Gasteiger partial charge in [0.2, 0.25) is 0 Å². The quantitative estimate of drug-likeness (QED) is 0.461. The van der Waals surface area contributed by atoms with Crippen molar-refractivity contribution in [3.63, 3.8) is 0 Å².